The predicted molar refractivity (Wildman–Crippen MR) is 89.6 cm³/mol. The summed E-state index contributed by atoms with van der Waals surface area (Å²) in [6.07, 6.45) is 6.18. The van der Waals surface area contributed by atoms with Crippen LogP contribution in [0.5, 0.6) is 0 Å². The minimum absolute atomic E-state index is 0.0388. The minimum atomic E-state index is -0.0388. The molecule has 0 radical (unpaired) electrons. The van der Waals surface area contributed by atoms with E-state index in [0.717, 1.165) is 37.5 Å². The van der Waals surface area contributed by atoms with Gasteiger partial charge in [0.2, 0.25) is 0 Å². The number of para-hydroxylation sites is 1. The Morgan fingerprint density at radius 2 is 2.13 bits per heavy atom. The third-order valence-electron chi connectivity index (χ3n) is 5.14. The largest absolute Gasteiger partial charge is 0.375 e. The van der Waals surface area contributed by atoms with Crippen molar-refractivity contribution in [2.75, 3.05) is 19.7 Å². The molecule has 5 nitrogen and oxygen atoms in total. The third kappa shape index (κ3) is 3.03. The van der Waals surface area contributed by atoms with Crippen molar-refractivity contribution in [2.45, 2.75) is 44.2 Å². The fourth-order valence-electron chi connectivity index (χ4n) is 3.96. The molecule has 1 aliphatic carbocycles. The Morgan fingerprint density at radius 1 is 1.26 bits per heavy atom. The topological polar surface area (TPSA) is 58.2 Å². The molecule has 2 aromatic rings. The van der Waals surface area contributed by atoms with Crippen LogP contribution in [0.15, 0.2) is 29.1 Å². The van der Waals surface area contributed by atoms with Crippen molar-refractivity contribution in [3.63, 3.8) is 0 Å². The van der Waals surface area contributed by atoms with Crippen LogP contribution in [0.1, 0.15) is 31.5 Å². The van der Waals surface area contributed by atoms with E-state index in [1.807, 2.05) is 24.3 Å². The first-order chi connectivity index (χ1) is 11.3. The Hall–Kier alpha value is -1.72. The molecule has 1 aromatic heterocycles. The number of benzene rings is 1. The van der Waals surface area contributed by atoms with Crippen LogP contribution >= 0.6 is 0 Å². The van der Waals surface area contributed by atoms with Gasteiger partial charge in [-0.3, -0.25) is 9.69 Å². The van der Waals surface area contributed by atoms with E-state index < -0.39 is 0 Å². The van der Waals surface area contributed by atoms with E-state index in [4.69, 9.17) is 4.74 Å². The molecule has 2 fully saturated rings. The van der Waals surface area contributed by atoms with Crippen LogP contribution in [0.3, 0.4) is 0 Å². The Morgan fingerprint density at radius 3 is 3.09 bits per heavy atom. The van der Waals surface area contributed by atoms with Gasteiger partial charge in [0.25, 0.3) is 5.56 Å². The van der Waals surface area contributed by atoms with Crippen molar-refractivity contribution in [1.82, 2.24) is 14.9 Å². The minimum Gasteiger partial charge on any atom is -0.375 e. The fraction of sp³-hybridized carbons (Fsp3) is 0.556. The number of H-pyrrole nitrogens is 1. The number of aromatic amines is 1. The quantitative estimate of drug-likeness (QED) is 0.943. The molecule has 0 amide bonds. The number of hydrogen-bond donors (Lipinski definition) is 1. The molecule has 2 aliphatic rings. The molecule has 1 saturated carbocycles. The predicted octanol–water partition coefficient (Wildman–Crippen LogP) is 2.11. The summed E-state index contributed by atoms with van der Waals surface area (Å²) in [5.74, 6) is 0.785. The van der Waals surface area contributed by atoms with Gasteiger partial charge in [-0.15, -0.1) is 0 Å². The van der Waals surface area contributed by atoms with E-state index in [9.17, 15) is 4.79 Å². The number of ether oxygens (including phenoxy) is 1. The number of rotatable bonds is 3. The molecule has 23 heavy (non-hydrogen) atoms. The van der Waals surface area contributed by atoms with Crippen LogP contribution in [0.2, 0.25) is 0 Å². The lowest BCUT2D eigenvalue weighted by atomic mass is 9.90. The maximum absolute atomic E-state index is 12.1. The zero-order valence-electron chi connectivity index (χ0n) is 13.3. The molecule has 2 atom stereocenters. The first kappa shape index (κ1) is 14.8. The monoisotopic (exact) mass is 313 g/mol. The van der Waals surface area contributed by atoms with Crippen LogP contribution in [0.25, 0.3) is 10.9 Å². The molecule has 4 rings (SSSR count). The normalized spacial score (nSPS) is 25.4. The highest BCUT2D eigenvalue weighted by atomic mass is 16.5. The van der Waals surface area contributed by atoms with Crippen LogP contribution in [0.4, 0.5) is 0 Å². The van der Waals surface area contributed by atoms with Crippen molar-refractivity contribution >= 4 is 10.9 Å². The zero-order valence-corrected chi connectivity index (χ0v) is 13.3. The molecule has 0 spiro atoms. The molecule has 2 heterocycles. The van der Waals surface area contributed by atoms with E-state index in [0.29, 0.717) is 17.5 Å². The van der Waals surface area contributed by atoms with Crippen LogP contribution in [0, 0.1) is 0 Å². The maximum atomic E-state index is 12.1. The molecule has 1 saturated heterocycles. The van der Waals surface area contributed by atoms with E-state index in [1.165, 1.54) is 25.7 Å². The number of fused-ring (bicyclic) bond motifs is 2. The van der Waals surface area contributed by atoms with Gasteiger partial charge in [0.15, 0.2) is 0 Å². The lowest BCUT2D eigenvalue weighted by Crippen LogP contribution is -2.53. The van der Waals surface area contributed by atoms with E-state index in [2.05, 4.69) is 14.9 Å². The van der Waals surface area contributed by atoms with Gasteiger partial charge in [0.05, 0.1) is 23.6 Å². The fourth-order valence-corrected chi connectivity index (χ4v) is 3.96. The molecular weight excluding hydrogens is 290 g/mol. The lowest BCUT2D eigenvalue weighted by molar-refractivity contribution is -0.0876. The first-order valence-corrected chi connectivity index (χ1v) is 8.65. The van der Waals surface area contributed by atoms with Crippen molar-refractivity contribution in [3.05, 3.63) is 40.4 Å². The van der Waals surface area contributed by atoms with Gasteiger partial charge in [0, 0.05) is 25.6 Å². The second-order valence-corrected chi connectivity index (χ2v) is 6.58. The van der Waals surface area contributed by atoms with Crippen molar-refractivity contribution in [1.29, 1.82) is 0 Å². The summed E-state index contributed by atoms with van der Waals surface area (Å²) in [6.45, 7) is 2.74. The first-order valence-electron chi connectivity index (χ1n) is 8.65. The Labute approximate surface area is 135 Å². The Kier molecular flexibility index (Phi) is 4.14. The molecule has 122 valence electrons. The van der Waals surface area contributed by atoms with Gasteiger partial charge in [-0.2, -0.15) is 0 Å². The van der Waals surface area contributed by atoms with Gasteiger partial charge in [-0.25, -0.2) is 4.98 Å². The van der Waals surface area contributed by atoms with Crippen molar-refractivity contribution in [2.24, 2.45) is 0 Å². The number of morpholine rings is 1. The summed E-state index contributed by atoms with van der Waals surface area (Å²) in [7, 11) is 0. The second-order valence-electron chi connectivity index (χ2n) is 6.58. The lowest BCUT2D eigenvalue weighted by Gasteiger charge is -2.43. The smallest absolute Gasteiger partial charge is 0.258 e. The van der Waals surface area contributed by atoms with Crippen LogP contribution < -0.4 is 5.56 Å². The van der Waals surface area contributed by atoms with Gasteiger partial charge >= 0.3 is 0 Å². The summed E-state index contributed by atoms with van der Waals surface area (Å²) >= 11 is 0. The molecule has 0 bridgehead atoms. The van der Waals surface area contributed by atoms with Crippen molar-refractivity contribution < 1.29 is 4.74 Å². The summed E-state index contributed by atoms with van der Waals surface area (Å²) in [4.78, 5) is 22.2. The molecular formula is C18H23N3O2. The highest BCUT2D eigenvalue weighted by molar-refractivity contribution is 5.77. The summed E-state index contributed by atoms with van der Waals surface area (Å²) < 4.78 is 5.93. The van der Waals surface area contributed by atoms with Gasteiger partial charge < -0.3 is 9.72 Å². The SMILES string of the molecule is O=c1[nH]c(CCN2CCO[C@@H]3CCCC[C@@H]32)nc2ccccc12. The van der Waals surface area contributed by atoms with Gasteiger partial charge in [-0.1, -0.05) is 25.0 Å². The number of aromatic nitrogens is 2. The molecule has 5 heteroatoms. The van der Waals surface area contributed by atoms with E-state index in [1.54, 1.807) is 0 Å². The second kappa shape index (κ2) is 6.42. The van der Waals surface area contributed by atoms with Crippen molar-refractivity contribution in [3.8, 4) is 0 Å². The van der Waals surface area contributed by atoms with Crippen LogP contribution in [-0.4, -0.2) is 46.7 Å². The Bertz CT molecular complexity index is 740. The maximum Gasteiger partial charge on any atom is 0.258 e. The molecule has 1 aromatic carbocycles. The summed E-state index contributed by atoms with van der Waals surface area (Å²) in [5, 5.41) is 0.662. The average Bonchev–Trinajstić information content (AvgIpc) is 2.60. The van der Waals surface area contributed by atoms with E-state index in [-0.39, 0.29) is 5.56 Å². The zero-order chi connectivity index (χ0) is 15.6. The molecule has 1 aliphatic heterocycles. The average molecular weight is 313 g/mol. The van der Waals surface area contributed by atoms with Crippen LogP contribution in [-0.2, 0) is 11.2 Å². The highest BCUT2D eigenvalue weighted by Gasteiger charge is 2.33. The Balaban J connectivity index is 1.49. The highest BCUT2D eigenvalue weighted by Crippen LogP contribution is 2.28. The number of hydrogen-bond acceptors (Lipinski definition) is 4. The number of nitrogens with zero attached hydrogens (tertiary/aromatic N) is 2. The van der Waals surface area contributed by atoms with E-state index >= 15 is 0 Å². The molecule has 0 unspecified atom stereocenters. The summed E-state index contributed by atoms with van der Waals surface area (Å²) in [6, 6.07) is 8.06. The third-order valence-corrected chi connectivity index (χ3v) is 5.14. The van der Waals surface area contributed by atoms with Gasteiger partial charge in [-0.05, 0) is 25.0 Å². The standard InChI is InChI=1S/C18H23N3O2/c22-18-13-5-1-2-6-14(13)19-17(20-18)9-10-21-11-12-23-16-8-4-3-7-15(16)21/h1-2,5-6,15-16H,3-4,7-12H2,(H,19,20,22)/t15-,16+/m0/s1. The van der Waals surface area contributed by atoms with Gasteiger partial charge in [0.1, 0.15) is 5.82 Å². The number of nitrogens with one attached hydrogen (secondary N) is 1. The summed E-state index contributed by atoms with van der Waals surface area (Å²) in [5.41, 5.74) is 0.742. The molecule has 1 N–H and O–H groups in total.